The molecule has 0 saturated carbocycles. The fraction of sp³-hybridized carbons (Fsp3) is 0.462. The largest absolute Gasteiger partial charge is 0.415 e. The molecule has 1 aliphatic rings. The summed E-state index contributed by atoms with van der Waals surface area (Å²) in [4.78, 5) is 13.7. The highest BCUT2D eigenvalue weighted by Crippen LogP contribution is 2.18. The minimum atomic E-state index is -0.224. The van der Waals surface area contributed by atoms with Crippen LogP contribution >= 0.6 is 0 Å². The van der Waals surface area contributed by atoms with E-state index in [0.29, 0.717) is 11.8 Å². The zero-order chi connectivity index (χ0) is 11.4. The molecule has 1 atom stereocenters. The number of hydrogen-bond donors (Lipinski definition) is 0. The summed E-state index contributed by atoms with van der Waals surface area (Å²) in [5.41, 5.74) is 0. The summed E-state index contributed by atoms with van der Waals surface area (Å²) in [5.74, 6) is 0.616. The van der Waals surface area contributed by atoms with Gasteiger partial charge >= 0.3 is 6.09 Å². The van der Waals surface area contributed by atoms with E-state index in [-0.39, 0.29) is 6.09 Å². The second-order valence-corrected chi connectivity index (χ2v) is 4.22. The Morgan fingerprint density at radius 1 is 1.31 bits per heavy atom. The maximum absolute atomic E-state index is 11.9. The molecule has 1 amide bonds. The minimum absolute atomic E-state index is 0.224. The number of piperidine rings is 1. The van der Waals surface area contributed by atoms with Gasteiger partial charge in [-0.3, -0.25) is 0 Å². The Morgan fingerprint density at radius 2 is 2.06 bits per heavy atom. The van der Waals surface area contributed by atoms with Gasteiger partial charge in [0.1, 0.15) is 5.75 Å². The molecule has 0 aliphatic carbocycles. The summed E-state index contributed by atoms with van der Waals surface area (Å²) in [6.07, 6.45) is 3.13. The van der Waals surface area contributed by atoms with E-state index in [9.17, 15) is 4.79 Å². The number of amides is 1. The molecular formula is C13H17NO2. The van der Waals surface area contributed by atoms with E-state index in [1.807, 2.05) is 23.1 Å². The maximum Gasteiger partial charge on any atom is 0.415 e. The molecule has 0 bridgehead atoms. The third kappa shape index (κ3) is 2.54. The Bertz CT molecular complexity index is 350. The first-order valence-electron chi connectivity index (χ1n) is 5.81. The van der Waals surface area contributed by atoms with Crippen LogP contribution in [-0.2, 0) is 0 Å². The summed E-state index contributed by atoms with van der Waals surface area (Å²) in [6, 6.07) is 9.52. The van der Waals surface area contributed by atoms with Crippen molar-refractivity contribution in [3.05, 3.63) is 30.3 Å². The molecule has 1 fully saturated rings. The van der Waals surface area contributed by atoms with Gasteiger partial charge in [0.15, 0.2) is 0 Å². The molecule has 1 heterocycles. The van der Waals surface area contributed by atoms with E-state index in [1.54, 1.807) is 12.1 Å². The number of carbonyl (C=O) groups is 1. The van der Waals surface area contributed by atoms with Crippen molar-refractivity contribution in [2.24, 2.45) is 0 Å². The molecule has 1 aromatic carbocycles. The standard InChI is InChI=1S/C13H17NO2/c1-11-7-5-6-10-14(11)13(15)16-12-8-3-2-4-9-12/h2-4,8-9,11H,5-7,10H2,1H3. The highest BCUT2D eigenvalue weighted by atomic mass is 16.6. The van der Waals surface area contributed by atoms with Crippen molar-refractivity contribution >= 4 is 6.09 Å². The third-order valence-electron chi connectivity index (χ3n) is 2.99. The average Bonchev–Trinajstić information content (AvgIpc) is 2.31. The van der Waals surface area contributed by atoms with Gasteiger partial charge < -0.3 is 9.64 Å². The smallest absolute Gasteiger partial charge is 0.410 e. The number of hydrogen-bond acceptors (Lipinski definition) is 2. The number of benzene rings is 1. The van der Waals surface area contributed by atoms with Crippen molar-refractivity contribution in [1.82, 2.24) is 4.90 Å². The van der Waals surface area contributed by atoms with Crippen molar-refractivity contribution < 1.29 is 9.53 Å². The fourth-order valence-electron chi connectivity index (χ4n) is 2.02. The maximum atomic E-state index is 11.9. The molecule has 0 radical (unpaired) electrons. The second kappa shape index (κ2) is 5.01. The van der Waals surface area contributed by atoms with E-state index in [2.05, 4.69) is 6.92 Å². The Hall–Kier alpha value is -1.51. The first-order valence-corrected chi connectivity index (χ1v) is 5.81. The topological polar surface area (TPSA) is 29.5 Å². The van der Waals surface area contributed by atoms with Crippen LogP contribution in [0.25, 0.3) is 0 Å². The van der Waals surface area contributed by atoms with Gasteiger partial charge in [-0.05, 0) is 38.3 Å². The zero-order valence-electron chi connectivity index (χ0n) is 9.56. The van der Waals surface area contributed by atoms with Crippen LogP contribution in [0, 0.1) is 0 Å². The van der Waals surface area contributed by atoms with Crippen molar-refractivity contribution in [2.75, 3.05) is 6.54 Å². The van der Waals surface area contributed by atoms with E-state index < -0.39 is 0 Å². The van der Waals surface area contributed by atoms with Gasteiger partial charge in [0, 0.05) is 12.6 Å². The van der Waals surface area contributed by atoms with Gasteiger partial charge in [0.25, 0.3) is 0 Å². The lowest BCUT2D eigenvalue weighted by Crippen LogP contribution is -2.43. The molecule has 1 aromatic rings. The van der Waals surface area contributed by atoms with Gasteiger partial charge in [-0.2, -0.15) is 0 Å². The lowest BCUT2D eigenvalue weighted by Gasteiger charge is -2.32. The molecule has 1 saturated heterocycles. The molecule has 1 unspecified atom stereocenters. The molecule has 0 N–H and O–H groups in total. The van der Waals surface area contributed by atoms with Crippen LogP contribution in [0.1, 0.15) is 26.2 Å². The summed E-state index contributed by atoms with van der Waals surface area (Å²) < 4.78 is 5.31. The first-order chi connectivity index (χ1) is 7.77. The minimum Gasteiger partial charge on any atom is -0.410 e. The number of nitrogens with zero attached hydrogens (tertiary/aromatic N) is 1. The van der Waals surface area contributed by atoms with Crippen molar-refractivity contribution in [1.29, 1.82) is 0 Å². The number of rotatable bonds is 1. The summed E-state index contributed by atoms with van der Waals surface area (Å²) in [7, 11) is 0. The van der Waals surface area contributed by atoms with Gasteiger partial charge in [-0.1, -0.05) is 18.2 Å². The SMILES string of the molecule is CC1CCCCN1C(=O)Oc1ccccc1. The van der Waals surface area contributed by atoms with E-state index in [4.69, 9.17) is 4.74 Å². The predicted octanol–water partition coefficient (Wildman–Crippen LogP) is 3.06. The van der Waals surface area contributed by atoms with Gasteiger partial charge in [-0.15, -0.1) is 0 Å². The molecule has 0 spiro atoms. The number of ether oxygens (including phenoxy) is 1. The number of likely N-dealkylation sites (tertiary alicyclic amines) is 1. The molecule has 0 aromatic heterocycles. The van der Waals surface area contributed by atoms with Gasteiger partial charge in [0.05, 0.1) is 0 Å². The first kappa shape index (κ1) is 11.0. The Labute approximate surface area is 96.0 Å². The van der Waals surface area contributed by atoms with Crippen LogP contribution in [0.5, 0.6) is 5.75 Å². The highest BCUT2D eigenvalue weighted by molar-refractivity contribution is 5.71. The molecule has 1 aliphatic heterocycles. The number of para-hydroxylation sites is 1. The van der Waals surface area contributed by atoms with Crippen LogP contribution in [0.15, 0.2) is 30.3 Å². The summed E-state index contributed by atoms with van der Waals surface area (Å²) in [5, 5.41) is 0. The predicted molar refractivity (Wildman–Crippen MR) is 62.5 cm³/mol. The van der Waals surface area contributed by atoms with E-state index in [0.717, 1.165) is 19.4 Å². The summed E-state index contributed by atoms with van der Waals surface area (Å²) >= 11 is 0. The summed E-state index contributed by atoms with van der Waals surface area (Å²) in [6.45, 7) is 2.89. The molecular weight excluding hydrogens is 202 g/mol. The van der Waals surface area contributed by atoms with Gasteiger partial charge in [-0.25, -0.2) is 4.79 Å². The molecule has 3 nitrogen and oxygen atoms in total. The lowest BCUT2D eigenvalue weighted by atomic mass is 10.0. The second-order valence-electron chi connectivity index (χ2n) is 4.22. The quantitative estimate of drug-likeness (QED) is 0.726. The van der Waals surface area contributed by atoms with Crippen LogP contribution in [0.2, 0.25) is 0 Å². The lowest BCUT2D eigenvalue weighted by molar-refractivity contribution is 0.118. The van der Waals surface area contributed by atoms with Gasteiger partial charge in [0.2, 0.25) is 0 Å². The Kier molecular flexibility index (Phi) is 3.44. The van der Waals surface area contributed by atoms with Crippen LogP contribution < -0.4 is 4.74 Å². The fourth-order valence-corrected chi connectivity index (χ4v) is 2.02. The Morgan fingerprint density at radius 3 is 2.75 bits per heavy atom. The third-order valence-corrected chi connectivity index (χ3v) is 2.99. The van der Waals surface area contributed by atoms with E-state index >= 15 is 0 Å². The zero-order valence-corrected chi connectivity index (χ0v) is 9.56. The van der Waals surface area contributed by atoms with Crippen molar-refractivity contribution in [2.45, 2.75) is 32.2 Å². The Balaban J connectivity index is 1.97. The highest BCUT2D eigenvalue weighted by Gasteiger charge is 2.24. The normalized spacial score (nSPS) is 20.6. The number of carbonyl (C=O) groups excluding carboxylic acids is 1. The van der Waals surface area contributed by atoms with E-state index in [1.165, 1.54) is 6.42 Å². The average molecular weight is 219 g/mol. The molecule has 3 heteroatoms. The molecule has 2 rings (SSSR count). The van der Waals surface area contributed by atoms with Crippen molar-refractivity contribution in [3.63, 3.8) is 0 Å². The van der Waals surface area contributed by atoms with Crippen LogP contribution in [0.3, 0.4) is 0 Å². The van der Waals surface area contributed by atoms with Crippen molar-refractivity contribution in [3.8, 4) is 5.75 Å². The molecule has 16 heavy (non-hydrogen) atoms. The van der Waals surface area contributed by atoms with Crippen LogP contribution in [-0.4, -0.2) is 23.6 Å². The molecule has 86 valence electrons. The van der Waals surface area contributed by atoms with Crippen LogP contribution in [0.4, 0.5) is 4.79 Å². The monoisotopic (exact) mass is 219 g/mol.